The molecule has 2 N–H and O–H groups in total. The maximum Gasteiger partial charge on any atom is 0.317 e. The maximum absolute atomic E-state index is 12.1. The Bertz CT molecular complexity index is 236. The Labute approximate surface area is 104 Å². The van der Waals surface area contributed by atoms with Gasteiger partial charge in [0.25, 0.3) is 0 Å². The lowest BCUT2D eigenvalue weighted by Gasteiger charge is -2.39. The molecule has 1 heterocycles. The first kappa shape index (κ1) is 14.3. The maximum atomic E-state index is 12.1. The molecule has 0 aromatic carbocycles. The molecule has 3 atom stereocenters. The van der Waals surface area contributed by atoms with Crippen LogP contribution in [0.5, 0.6) is 0 Å². The fraction of sp³-hybridized carbons (Fsp3) is 0.923. The molecule has 3 unspecified atom stereocenters. The number of urea groups is 1. The van der Waals surface area contributed by atoms with Crippen LogP contribution in [0.15, 0.2) is 0 Å². The quantitative estimate of drug-likeness (QED) is 0.792. The number of carbonyl (C=O) groups is 1. The summed E-state index contributed by atoms with van der Waals surface area (Å²) < 4.78 is 0. The molecule has 2 amide bonds. The molecule has 0 aromatic rings. The normalized spacial score (nSPS) is 26.7. The van der Waals surface area contributed by atoms with Gasteiger partial charge in [-0.15, -0.1) is 0 Å². The predicted octanol–water partition coefficient (Wildman–Crippen LogP) is 1.98. The highest BCUT2D eigenvalue weighted by molar-refractivity contribution is 5.75. The van der Waals surface area contributed by atoms with Crippen molar-refractivity contribution in [2.75, 3.05) is 13.2 Å². The van der Waals surface area contributed by atoms with Crippen LogP contribution in [0.3, 0.4) is 0 Å². The van der Waals surface area contributed by atoms with Gasteiger partial charge in [-0.1, -0.05) is 6.92 Å². The average Bonchev–Trinajstić information content (AvgIpc) is 2.26. The minimum atomic E-state index is 0.0505. The molecular formula is C13H26N2O2. The Kier molecular flexibility index (Phi) is 5.75. The molecule has 0 bridgehead atoms. The number of amides is 2. The van der Waals surface area contributed by atoms with Crippen LogP contribution >= 0.6 is 0 Å². The van der Waals surface area contributed by atoms with Crippen LogP contribution in [0.4, 0.5) is 4.79 Å². The second kappa shape index (κ2) is 6.84. The number of nitrogens with one attached hydrogen (secondary N) is 1. The number of aliphatic hydroxyl groups is 1. The summed E-state index contributed by atoms with van der Waals surface area (Å²) in [6.07, 6.45) is 4.16. The van der Waals surface area contributed by atoms with Crippen molar-refractivity contribution >= 4 is 6.03 Å². The van der Waals surface area contributed by atoms with Crippen molar-refractivity contribution in [3.63, 3.8) is 0 Å². The smallest absolute Gasteiger partial charge is 0.317 e. The highest BCUT2D eigenvalue weighted by Crippen LogP contribution is 2.22. The Hall–Kier alpha value is -0.770. The molecule has 1 fully saturated rings. The van der Waals surface area contributed by atoms with E-state index in [-0.39, 0.29) is 12.6 Å². The van der Waals surface area contributed by atoms with Crippen molar-refractivity contribution in [3.05, 3.63) is 0 Å². The SMILES string of the molecule is CC(CCO)CNC(=O)N1C(C)CCCC1C. The number of hydrogen-bond donors (Lipinski definition) is 2. The molecule has 0 aromatic heterocycles. The Morgan fingerprint density at radius 2 is 2.00 bits per heavy atom. The van der Waals surface area contributed by atoms with Gasteiger partial charge in [0.1, 0.15) is 0 Å². The van der Waals surface area contributed by atoms with Crippen LogP contribution in [0.1, 0.15) is 46.5 Å². The van der Waals surface area contributed by atoms with Crippen molar-refractivity contribution in [1.82, 2.24) is 10.2 Å². The third kappa shape index (κ3) is 4.19. The number of aliphatic hydroxyl groups excluding tert-OH is 1. The molecule has 4 nitrogen and oxygen atoms in total. The number of hydrogen-bond acceptors (Lipinski definition) is 2. The molecular weight excluding hydrogens is 216 g/mol. The Balaban J connectivity index is 2.40. The molecule has 100 valence electrons. The number of piperidine rings is 1. The van der Waals surface area contributed by atoms with Gasteiger partial charge in [0, 0.05) is 25.2 Å². The first-order chi connectivity index (χ1) is 8.06. The number of nitrogens with zero attached hydrogens (tertiary/aromatic N) is 1. The van der Waals surface area contributed by atoms with Crippen molar-refractivity contribution in [3.8, 4) is 0 Å². The van der Waals surface area contributed by atoms with Gasteiger partial charge in [0.05, 0.1) is 0 Å². The third-order valence-electron chi connectivity index (χ3n) is 3.65. The molecule has 1 saturated heterocycles. The van der Waals surface area contributed by atoms with E-state index in [9.17, 15) is 4.79 Å². The summed E-state index contributed by atoms with van der Waals surface area (Å²) in [6, 6.07) is 0.730. The van der Waals surface area contributed by atoms with Crippen molar-refractivity contribution in [2.45, 2.75) is 58.5 Å². The monoisotopic (exact) mass is 242 g/mol. The van der Waals surface area contributed by atoms with Crippen LogP contribution < -0.4 is 5.32 Å². The topological polar surface area (TPSA) is 52.6 Å². The molecule has 1 rings (SSSR count). The fourth-order valence-corrected chi connectivity index (χ4v) is 2.50. The van der Waals surface area contributed by atoms with Crippen LogP contribution in [0, 0.1) is 5.92 Å². The zero-order valence-electron chi connectivity index (χ0n) is 11.3. The van der Waals surface area contributed by atoms with E-state index in [1.165, 1.54) is 6.42 Å². The van der Waals surface area contributed by atoms with Crippen LogP contribution in [-0.4, -0.2) is 41.3 Å². The molecule has 0 radical (unpaired) electrons. The molecule has 0 spiro atoms. The minimum Gasteiger partial charge on any atom is -0.396 e. The van der Waals surface area contributed by atoms with E-state index in [1.807, 2.05) is 11.8 Å². The summed E-state index contributed by atoms with van der Waals surface area (Å²) >= 11 is 0. The van der Waals surface area contributed by atoms with Crippen molar-refractivity contribution in [1.29, 1.82) is 0 Å². The van der Waals surface area contributed by atoms with Crippen molar-refractivity contribution in [2.24, 2.45) is 5.92 Å². The number of likely N-dealkylation sites (tertiary alicyclic amines) is 1. The molecule has 1 aliphatic heterocycles. The summed E-state index contributed by atoms with van der Waals surface area (Å²) in [6.45, 7) is 7.11. The summed E-state index contributed by atoms with van der Waals surface area (Å²) in [5, 5.41) is 11.8. The molecule has 17 heavy (non-hydrogen) atoms. The Morgan fingerprint density at radius 1 is 1.41 bits per heavy atom. The van der Waals surface area contributed by atoms with Gasteiger partial charge in [0.15, 0.2) is 0 Å². The fourth-order valence-electron chi connectivity index (χ4n) is 2.50. The first-order valence-corrected chi connectivity index (χ1v) is 6.73. The summed E-state index contributed by atoms with van der Waals surface area (Å²) in [5.74, 6) is 0.333. The van der Waals surface area contributed by atoms with E-state index in [2.05, 4.69) is 19.2 Å². The van der Waals surface area contributed by atoms with E-state index >= 15 is 0 Å². The summed E-state index contributed by atoms with van der Waals surface area (Å²) in [5.41, 5.74) is 0. The minimum absolute atomic E-state index is 0.0505. The van der Waals surface area contributed by atoms with Gasteiger partial charge in [-0.2, -0.15) is 0 Å². The molecule has 4 heteroatoms. The molecule has 1 aliphatic rings. The van der Waals surface area contributed by atoms with Gasteiger partial charge in [-0.25, -0.2) is 4.79 Å². The molecule has 0 saturated carbocycles. The average molecular weight is 242 g/mol. The van der Waals surface area contributed by atoms with Crippen LogP contribution in [0.2, 0.25) is 0 Å². The van der Waals surface area contributed by atoms with Gasteiger partial charge in [-0.05, 0) is 45.4 Å². The van der Waals surface area contributed by atoms with Gasteiger partial charge in [-0.3, -0.25) is 0 Å². The van der Waals surface area contributed by atoms with E-state index in [0.717, 1.165) is 19.3 Å². The highest BCUT2D eigenvalue weighted by atomic mass is 16.3. The first-order valence-electron chi connectivity index (χ1n) is 6.73. The molecule has 0 aliphatic carbocycles. The lowest BCUT2D eigenvalue weighted by atomic mass is 9.98. The second-order valence-corrected chi connectivity index (χ2v) is 5.34. The Morgan fingerprint density at radius 3 is 2.53 bits per heavy atom. The van der Waals surface area contributed by atoms with E-state index in [1.54, 1.807) is 0 Å². The summed E-state index contributed by atoms with van der Waals surface area (Å²) in [4.78, 5) is 14.0. The number of rotatable bonds is 4. The van der Waals surface area contributed by atoms with Crippen LogP contribution in [0.25, 0.3) is 0 Å². The van der Waals surface area contributed by atoms with Crippen molar-refractivity contribution < 1.29 is 9.90 Å². The van der Waals surface area contributed by atoms with Gasteiger partial charge in [0.2, 0.25) is 0 Å². The summed E-state index contributed by atoms with van der Waals surface area (Å²) in [7, 11) is 0. The second-order valence-electron chi connectivity index (χ2n) is 5.34. The van der Waals surface area contributed by atoms with Gasteiger partial charge < -0.3 is 15.3 Å². The lowest BCUT2D eigenvalue weighted by Crippen LogP contribution is -2.52. The zero-order valence-corrected chi connectivity index (χ0v) is 11.3. The highest BCUT2D eigenvalue weighted by Gasteiger charge is 2.28. The standard InChI is InChI=1S/C13H26N2O2/c1-10(7-8-16)9-14-13(17)15-11(2)5-4-6-12(15)3/h10-12,16H,4-9H2,1-3H3,(H,14,17). The lowest BCUT2D eigenvalue weighted by molar-refractivity contribution is 0.121. The van der Waals surface area contributed by atoms with Crippen LogP contribution in [-0.2, 0) is 0 Å². The predicted molar refractivity (Wildman–Crippen MR) is 68.9 cm³/mol. The van der Waals surface area contributed by atoms with E-state index in [4.69, 9.17) is 5.11 Å². The largest absolute Gasteiger partial charge is 0.396 e. The third-order valence-corrected chi connectivity index (χ3v) is 3.65. The van der Waals surface area contributed by atoms with E-state index in [0.29, 0.717) is 24.5 Å². The zero-order chi connectivity index (χ0) is 12.8. The van der Waals surface area contributed by atoms with Gasteiger partial charge >= 0.3 is 6.03 Å². The number of carbonyl (C=O) groups excluding carboxylic acids is 1. The van der Waals surface area contributed by atoms with E-state index < -0.39 is 0 Å².